The molecule has 37 heavy (non-hydrogen) atoms. The van der Waals surface area contributed by atoms with Gasteiger partial charge in [-0.15, -0.1) is 0 Å². The number of carbonyl (C=O) groups excluding carboxylic acids is 3. The Morgan fingerprint density at radius 1 is 0.865 bits per heavy atom. The van der Waals surface area contributed by atoms with Crippen molar-refractivity contribution in [3.8, 4) is 0 Å². The van der Waals surface area contributed by atoms with Crippen LogP contribution in [0.5, 0.6) is 0 Å². The van der Waals surface area contributed by atoms with E-state index in [1.54, 1.807) is 31.2 Å². The quantitative estimate of drug-likeness (QED) is 0.0587. The highest BCUT2D eigenvalue weighted by molar-refractivity contribution is 5.97. The van der Waals surface area contributed by atoms with E-state index in [0.717, 1.165) is 0 Å². The highest BCUT2D eigenvalue weighted by Crippen LogP contribution is 2.11. The van der Waals surface area contributed by atoms with Crippen molar-refractivity contribution >= 4 is 29.1 Å². The first-order chi connectivity index (χ1) is 18.0. The number of nitrogens with two attached hydrogens (primary N) is 1. The van der Waals surface area contributed by atoms with E-state index in [1.165, 1.54) is 0 Å². The Hall–Kier alpha value is -3.19. The van der Waals surface area contributed by atoms with Crippen LogP contribution in [0.4, 0.5) is 5.69 Å². The van der Waals surface area contributed by atoms with Gasteiger partial charge in [0, 0.05) is 51.8 Å². The molecule has 0 aromatic heterocycles. The van der Waals surface area contributed by atoms with Gasteiger partial charge in [0.1, 0.15) is 6.61 Å². The number of anilines is 1. The third-order valence-corrected chi connectivity index (χ3v) is 4.83. The summed E-state index contributed by atoms with van der Waals surface area (Å²) in [5, 5.41) is 8.12. The maximum atomic E-state index is 12.1. The fourth-order valence-corrected chi connectivity index (χ4v) is 2.89. The fourth-order valence-electron chi connectivity index (χ4n) is 2.89. The van der Waals surface area contributed by atoms with E-state index in [4.69, 9.17) is 25.6 Å². The van der Waals surface area contributed by atoms with E-state index in [1.807, 2.05) is 0 Å². The lowest BCUT2D eigenvalue weighted by Crippen LogP contribution is -2.30. The normalized spacial score (nSPS) is 10.4. The van der Waals surface area contributed by atoms with Crippen LogP contribution in [0.3, 0.4) is 0 Å². The minimum Gasteiger partial charge on any atom is -0.379 e. The number of benzene rings is 1. The van der Waals surface area contributed by atoms with Gasteiger partial charge in [-0.05, 0) is 31.0 Å². The summed E-state index contributed by atoms with van der Waals surface area (Å²) in [6, 6.07) is 6.92. The molecule has 0 aliphatic carbocycles. The molecule has 206 valence electrons. The molecule has 1 aromatic carbocycles. The van der Waals surface area contributed by atoms with Gasteiger partial charge in [0.25, 0.3) is 5.71 Å². The van der Waals surface area contributed by atoms with Gasteiger partial charge < -0.3 is 35.7 Å². The molecule has 0 fully saturated rings. The average molecular weight is 523 g/mol. The number of hydrogen-bond acceptors (Lipinski definition) is 8. The summed E-state index contributed by atoms with van der Waals surface area (Å²) in [6.07, 6.45) is 1.46. The lowest BCUT2D eigenvalue weighted by Gasteiger charge is -2.08. The number of ether oxygens (including phenoxy) is 3. The van der Waals surface area contributed by atoms with Crippen molar-refractivity contribution in [3.63, 3.8) is 0 Å². The van der Waals surface area contributed by atoms with E-state index in [9.17, 15) is 14.4 Å². The smallest absolute Gasteiger partial charge is 0.296 e. The minimum atomic E-state index is -0.276. The molecule has 0 radical (unpaired) electrons. The molecule has 1 aromatic rings. The molecule has 1 rings (SSSR count). The third kappa shape index (κ3) is 17.0. The van der Waals surface area contributed by atoms with Gasteiger partial charge in [-0.3, -0.25) is 19.2 Å². The molecular weight excluding hydrogens is 484 g/mol. The molecule has 0 heterocycles. The van der Waals surface area contributed by atoms with E-state index in [-0.39, 0.29) is 37.2 Å². The van der Waals surface area contributed by atoms with Crippen LogP contribution in [0.1, 0.15) is 38.2 Å². The van der Waals surface area contributed by atoms with Crippen LogP contribution in [0, 0.1) is 0 Å². The standard InChI is InChI=1S/C24H38N6O7/c1-19(30-25)20-5-2-6-21(17-20)29-23(32)8-7-22(31)27-9-3-11-34-13-15-36-16-14-35-12-4-10-28-24(33)18-37-26/h2,5-6,17H,3-4,7-16,18,26H2,1H3,(H,27,31)(H,28,33)(H,29,32). The van der Waals surface area contributed by atoms with Crippen molar-refractivity contribution in [1.29, 1.82) is 0 Å². The van der Waals surface area contributed by atoms with Crippen molar-refractivity contribution in [2.75, 3.05) is 64.7 Å². The Kier molecular flexibility index (Phi) is 18.0. The molecule has 0 atom stereocenters. The molecular formula is C24H38N6O7. The van der Waals surface area contributed by atoms with Gasteiger partial charge in [0.2, 0.25) is 17.7 Å². The van der Waals surface area contributed by atoms with Gasteiger partial charge >= 0.3 is 0 Å². The molecule has 13 heteroatoms. The molecule has 13 nitrogen and oxygen atoms in total. The van der Waals surface area contributed by atoms with Crippen LogP contribution < -0.4 is 21.8 Å². The molecule has 0 bridgehead atoms. The second-order valence-corrected chi connectivity index (χ2v) is 7.87. The molecule has 3 amide bonds. The van der Waals surface area contributed by atoms with Crippen molar-refractivity contribution < 1.29 is 38.2 Å². The second kappa shape index (κ2) is 20.9. The van der Waals surface area contributed by atoms with E-state index in [0.29, 0.717) is 82.5 Å². The Bertz CT molecular complexity index is 877. The highest BCUT2D eigenvalue weighted by atomic mass is 16.6. The Labute approximate surface area is 216 Å². The second-order valence-electron chi connectivity index (χ2n) is 7.87. The number of amides is 3. The van der Waals surface area contributed by atoms with Gasteiger partial charge in [-0.1, -0.05) is 6.07 Å². The lowest BCUT2D eigenvalue weighted by atomic mass is 10.1. The van der Waals surface area contributed by atoms with Crippen molar-refractivity contribution in [3.05, 3.63) is 35.4 Å². The Morgan fingerprint density at radius 2 is 1.43 bits per heavy atom. The van der Waals surface area contributed by atoms with Crippen molar-refractivity contribution in [2.45, 2.75) is 32.6 Å². The highest BCUT2D eigenvalue weighted by Gasteiger charge is 2.09. The summed E-state index contributed by atoms with van der Waals surface area (Å²) in [4.78, 5) is 42.5. The molecule has 0 saturated carbocycles. The predicted octanol–water partition coefficient (Wildman–Crippen LogP) is 0.397. The Balaban J connectivity index is 1.92. The first-order valence-electron chi connectivity index (χ1n) is 12.1. The molecule has 0 aliphatic heterocycles. The molecule has 0 aliphatic rings. The van der Waals surface area contributed by atoms with Crippen molar-refractivity contribution in [1.82, 2.24) is 10.6 Å². The largest absolute Gasteiger partial charge is 0.379 e. The Morgan fingerprint density at radius 3 is 2.03 bits per heavy atom. The maximum Gasteiger partial charge on any atom is 0.296 e. The number of nitrogens with one attached hydrogen (secondary N) is 3. The summed E-state index contributed by atoms with van der Waals surface area (Å²) in [5.41, 5.74) is 10.5. The van der Waals surface area contributed by atoms with Crippen LogP contribution >= 0.6 is 0 Å². The van der Waals surface area contributed by atoms with Crippen LogP contribution in [0.15, 0.2) is 24.3 Å². The van der Waals surface area contributed by atoms with Gasteiger partial charge in [0.05, 0.1) is 32.0 Å². The first kappa shape index (κ1) is 31.8. The molecule has 5 N–H and O–H groups in total. The zero-order valence-corrected chi connectivity index (χ0v) is 21.3. The molecule has 0 unspecified atom stereocenters. The third-order valence-electron chi connectivity index (χ3n) is 4.83. The van der Waals surface area contributed by atoms with Crippen molar-refractivity contribution in [2.24, 2.45) is 5.90 Å². The maximum absolute atomic E-state index is 12.1. The summed E-state index contributed by atoms with van der Waals surface area (Å²) in [7, 11) is 0. The van der Waals surface area contributed by atoms with E-state index < -0.39 is 0 Å². The van der Waals surface area contributed by atoms with Crippen LogP contribution in [0.25, 0.3) is 5.53 Å². The topological polar surface area (TPSA) is 187 Å². The average Bonchev–Trinajstić information content (AvgIpc) is 2.89. The van der Waals surface area contributed by atoms with Crippen LogP contribution in [0.2, 0.25) is 0 Å². The number of carbonyl (C=O) groups is 3. The fraction of sp³-hybridized carbons (Fsp3) is 0.583. The monoisotopic (exact) mass is 522 g/mol. The first-order valence-corrected chi connectivity index (χ1v) is 12.1. The zero-order chi connectivity index (χ0) is 27.1. The van der Waals surface area contributed by atoms with Crippen LogP contribution in [-0.4, -0.2) is 87.6 Å². The van der Waals surface area contributed by atoms with Gasteiger partial charge in [-0.25, -0.2) is 5.90 Å². The SMILES string of the molecule is CC(=[N+]=[N-])c1cccc(NC(=O)CCC(=O)NCCCOCCOCCOCCCNC(=O)CON)c1. The molecule has 0 spiro atoms. The number of rotatable bonds is 21. The molecule has 0 saturated heterocycles. The number of nitrogens with zero attached hydrogens (tertiary/aromatic N) is 2. The summed E-state index contributed by atoms with van der Waals surface area (Å²) < 4.78 is 16.2. The van der Waals surface area contributed by atoms with Gasteiger partial charge in [0.15, 0.2) is 0 Å². The summed E-state index contributed by atoms with van der Waals surface area (Å²) >= 11 is 0. The van der Waals surface area contributed by atoms with Gasteiger partial charge in [-0.2, -0.15) is 4.79 Å². The zero-order valence-electron chi connectivity index (χ0n) is 21.3. The predicted molar refractivity (Wildman–Crippen MR) is 136 cm³/mol. The van der Waals surface area contributed by atoms with Crippen LogP contribution in [-0.2, 0) is 33.4 Å². The minimum absolute atomic E-state index is 0.0570. The van der Waals surface area contributed by atoms with E-state index >= 15 is 0 Å². The lowest BCUT2D eigenvalue weighted by molar-refractivity contribution is -0.125. The summed E-state index contributed by atoms with van der Waals surface area (Å²) in [5.74, 6) is 4.05. The summed E-state index contributed by atoms with van der Waals surface area (Å²) in [6.45, 7) is 5.21. The number of hydrogen-bond donors (Lipinski definition) is 4. The van der Waals surface area contributed by atoms with E-state index in [2.05, 4.69) is 25.6 Å².